The van der Waals surface area contributed by atoms with Crippen LogP contribution < -0.4 is 0 Å². The van der Waals surface area contributed by atoms with Gasteiger partial charge in [-0.2, -0.15) is 0 Å². The van der Waals surface area contributed by atoms with Gasteiger partial charge >= 0.3 is 0 Å². The minimum absolute atomic E-state index is 0.0891. The average molecular weight is 183 g/mol. The van der Waals surface area contributed by atoms with Gasteiger partial charge in [0.25, 0.3) is 0 Å². The molecule has 0 aliphatic carbocycles. The molecule has 1 saturated heterocycles. The highest BCUT2D eigenvalue weighted by Gasteiger charge is 2.30. The van der Waals surface area contributed by atoms with Crippen molar-refractivity contribution in [2.75, 3.05) is 6.54 Å². The van der Waals surface area contributed by atoms with Crippen molar-refractivity contribution in [2.45, 2.75) is 39.7 Å². The van der Waals surface area contributed by atoms with E-state index in [1.165, 1.54) is 0 Å². The largest absolute Gasteiger partial charge is 0.339 e. The van der Waals surface area contributed by atoms with Gasteiger partial charge in [-0.3, -0.25) is 9.59 Å². The van der Waals surface area contributed by atoms with Crippen LogP contribution in [0.15, 0.2) is 0 Å². The fourth-order valence-electron chi connectivity index (χ4n) is 1.84. The topological polar surface area (TPSA) is 37.4 Å². The minimum Gasteiger partial charge on any atom is -0.339 e. The van der Waals surface area contributed by atoms with Crippen LogP contribution in [0, 0.1) is 5.92 Å². The third-order valence-electron chi connectivity index (χ3n) is 2.64. The molecule has 0 radical (unpaired) electrons. The summed E-state index contributed by atoms with van der Waals surface area (Å²) in [6.07, 6.45) is 1.07. The quantitative estimate of drug-likeness (QED) is 0.613. The third kappa shape index (κ3) is 2.29. The first-order valence-corrected chi connectivity index (χ1v) is 4.81. The highest BCUT2D eigenvalue weighted by Crippen LogP contribution is 2.20. The second-order valence-corrected chi connectivity index (χ2v) is 4.02. The van der Waals surface area contributed by atoms with E-state index < -0.39 is 0 Å². The van der Waals surface area contributed by atoms with Gasteiger partial charge in [0.15, 0.2) is 0 Å². The zero-order valence-electron chi connectivity index (χ0n) is 8.54. The molecule has 1 aliphatic rings. The Morgan fingerprint density at radius 2 is 2.15 bits per heavy atom. The standard InChI is InChI=1S/C10H17NO2/c1-7(2)10-6-9(13)4-5-11(10)8(3)12/h7,10H,4-6H2,1-3H3/t10-/m1/s1. The molecule has 1 heterocycles. The third-order valence-corrected chi connectivity index (χ3v) is 2.64. The van der Waals surface area contributed by atoms with E-state index in [0.29, 0.717) is 25.3 Å². The molecular formula is C10H17NO2. The predicted octanol–water partition coefficient (Wildman–Crippen LogP) is 1.22. The van der Waals surface area contributed by atoms with Crippen molar-refractivity contribution in [3.8, 4) is 0 Å². The molecule has 0 bridgehead atoms. The molecule has 3 heteroatoms. The zero-order valence-corrected chi connectivity index (χ0v) is 8.54. The molecule has 1 aliphatic heterocycles. The van der Waals surface area contributed by atoms with Gasteiger partial charge in [0.05, 0.1) is 0 Å². The molecule has 0 N–H and O–H groups in total. The van der Waals surface area contributed by atoms with Crippen molar-refractivity contribution >= 4 is 11.7 Å². The monoisotopic (exact) mass is 183 g/mol. The van der Waals surface area contributed by atoms with Crippen molar-refractivity contribution in [1.29, 1.82) is 0 Å². The summed E-state index contributed by atoms with van der Waals surface area (Å²) in [6.45, 7) is 6.29. The summed E-state index contributed by atoms with van der Waals surface area (Å²) in [6, 6.07) is 0.124. The smallest absolute Gasteiger partial charge is 0.219 e. The first-order valence-electron chi connectivity index (χ1n) is 4.81. The van der Waals surface area contributed by atoms with Crippen LogP contribution in [0.5, 0.6) is 0 Å². The number of carbonyl (C=O) groups is 2. The Balaban J connectivity index is 2.71. The Morgan fingerprint density at radius 1 is 1.54 bits per heavy atom. The summed E-state index contributed by atoms with van der Waals surface area (Å²) in [4.78, 5) is 24.3. The number of ketones is 1. The van der Waals surface area contributed by atoms with E-state index in [4.69, 9.17) is 0 Å². The number of carbonyl (C=O) groups excluding carboxylic acids is 2. The van der Waals surface area contributed by atoms with E-state index in [-0.39, 0.29) is 17.7 Å². The van der Waals surface area contributed by atoms with Gasteiger partial charge in [-0.25, -0.2) is 0 Å². The van der Waals surface area contributed by atoms with Crippen molar-refractivity contribution in [3.05, 3.63) is 0 Å². The fraction of sp³-hybridized carbons (Fsp3) is 0.800. The van der Waals surface area contributed by atoms with Gasteiger partial charge in [0.2, 0.25) is 5.91 Å². The van der Waals surface area contributed by atoms with E-state index in [1.54, 1.807) is 6.92 Å². The summed E-state index contributed by atoms with van der Waals surface area (Å²) >= 11 is 0. The molecule has 74 valence electrons. The van der Waals surface area contributed by atoms with E-state index >= 15 is 0 Å². The first kappa shape index (κ1) is 10.2. The number of piperidine rings is 1. The first-order chi connectivity index (χ1) is 6.02. The fourth-order valence-corrected chi connectivity index (χ4v) is 1.84. The number of rotatable bonds is 1. The number of hydrogen-bond acceptors (Lipinski definition) is 2. The van der Waals surface area contributed by atoms with Gasteiger partial charge in [-0.05, 0) is 5.92 Å². The highest BCUT2D eigenvalue weighted by atomic mass is 16.2. The molecule has 0 aromatic heterocycles. The summed E-state index contributed by atoms with van der Waals surface area (Å²) in [7, 11) is 0. The van der Waals surface area contributed by atoms with E-state index in [9.17, 15) is 9.59 Å². The van der Waals surface area contributed by atoms with Gasteiger partial charge in [-0.1, -0.05) is 13.8 Å². The lowest BCUT2D eigenvalue weighted by Crippen LogP contribution is -2.47. The molecule has 1 atom stereocenters. The average Bonchev–Trinajstić information content (AvgIpc) is 2.03. The molecule has 0 unspecified atom stereocenters. The van der Waals surface area contributed by atoms with Crippen molar-refractivity contribution in [2.24, 2.45) is 5.92 Å². The lowest BCUT2D eigenvalue weighted by molar-refractivity contribution is -0.137. The Morgan fingerprint density at radius 3 is 2.62 bits per heavy atom. The number of likely N-dealkylation sites (tertiary alicyclic amines) is 1. The van der Waals surface area contributed by atoms with Crippen LogP contribution in [0.1, 0.15) is 33.6 Å². The second kappa shape index (κ2) is 3.90. The molecule has 1 fully saturated rings. The maximum atomic E-state index is 11.2. The van der Waals surface area contributed by atoms with Crippen molar-refractivity contribution < 1.29 is 9.59 Å². The predicted molar refractivity (Wildman–Crippen MR) is 50.3 cm³/mol. The van der Waals surface area contributed by atoms with Crippen LogP contribution in [0.4, 0.5) is 0 Å². The lowest BCUT2D eigenvalue weighted by Gasteiger charge is -2.36. The van der Waals surface area contributed by atoms with Crippen molar-refractivity contribution in [3.63, 3.8) is 0 Å². The van der Waals surface area contributed by atoms with Gasteiger partial charge in [-0.15, -0.1) is 0 Å². The summed E-state index contributed by atoms with van der Waals surface area (Å²) in [5.74, 6) is 0.746. The number of nitrogens with zero attached hydrogens (tertiary/aromatic N) is 1. The van der Waals surface area contributed by atoms with Gasteiger partial charge in [0, 0.05) is 32.4 Å². The molecule has 0 saturated carbocycles. The maximum absolute atomic E-state index is 11.2. The van der Waals surface area contributed by atoms with Crippen LogP contribution in [0.2, 0.25) is 0 Å². The van der Waals surface area contributed by atoms with Crippen LogP contribution >= 0.6 is 0 Å². The normalized spacial score (nSPS) is 23.8. The molecule has 0 aromatic rings. The van der Waals surface area contributed by atoms with Gasteiger partial charge < -0.3 is 4.90 Å². The SMILES string of the molecule is CC(=O)N1CCC(=O)C[C@@H]1C(C)C. The van der Waals surface area contributed by atoms with Crippen LogP contribution in [0.25, 0.3) is 0 Å². The van der Waals surface area contributed by atoms with Crippen LogP contribution in [-0.4, -0.2) is 29.2 Å². The zero-order chi connectivity index (χ0) is 10.0. The highest BCUT2D eigenvalue weighted by molar-refractivity contribution is 5.83. The molecule has 0 aromatic carbocycles. The van der Waals surface area contributed by atoms with Crippen LogP contribution in [-0.2, 0) is 9.59 Å². The Kier molecular flexibility index (Phi) is 3.07. The minimum atomic E-state index is 0.0891. The Bertz CT molecular complexity index is 223. The number of amides is 1. The second-order valence-electron chi connectivity index (χ2n) is 4.02. The van der Waals surface area contributed by atoms with Crippen LogP contribution in [0.3, 0.4) is 0 Å². The molecular weight excluding hydrogens is 166 g/mol. The Labute approximate surface area is 79.1 Å². The molecule has 1 rings (SSSR count). The molecule has 3 nitrogen and oxygen atoms in total. The summed E-state index contributed by atoms with van der Waals surface area (Å²) in [5, 5.41) is 0. The van der Waals surface area contributed by atoms with E-state index in [0.717, 1.165) is 0 Å². The lowest BCUT2D eigenvalue weighted by atomic mass is 9.92. The van der Waals surface area contributed by atoms with E-state index in [1.807, 2.05) is 4.90 Å². The Hall–Kier alpha value is -0.860. The summed E-state index contributed by atoms with van der Waals surface area (Å²) < 4.78 is 0. The maximum Gasteiger partial charge on any atom is 0.219 e. The summed E-state index contributed by atoms with van der Waals surface area (Å²) in [5.41, 5.74) is 0. The van der Waals surface area contributed by atoms with Crippen molar-refractivity contribution in [1.82, 2.24) is 4.90 Å². The number of hydrogen-bond donors (Lipinski definition) is 0. The molecule has 1 amide bonds. The van der Waals surface area contributed by atoms with E-state index in [2.05, 4.69) is 13.8 Å². The number of Topliss-reactive ketones (excluding diaryl/α,β-unsaturated/α-hetero) is 1. The van der Waals surface area contributed by atoms with Gasteiger partial charge in [0.1, 0.15) is 5.78 Å². The molecule has 0 spiro atoms. The molecule has 13 heavy (non-hydrogen) atoms.